The molecule has 1 aromatic heterocycles. The summed E-state index contributed by atoms with van der Waals surface area (Å²) in [7, 11) is 0. The van der Waals surface area contributed by atoms with E-state index in [1.54, 1.807) is 31.2 Å². The molecule has 4 N–H and O–H groups in total. The van der Waals surface area contributed by atoms with E-state index in [1.807, 2.05) is 6.92 Å². The molecule has 0 spiro atoms. The molecule has 3 aromatic rings. The second-order valence-corrected chi connectivity index (χ2v) is 7.02. The minimum absolute atomic E-state index is 0.107. The van der Waals surface area contributed by atoms with E-state index >= 15 is 0 Å². The molecule has 32 heavy (non-hydrogen) atoms. The second-order valence-electron chi connectivity index (χ2n) is 7.02. The first-order valence-corrected chi connectivity index (χ1v) is 9.73. The van der Waals surface area contributed by atoms with E-state index in [-0.39, 0.29) is 28.1 Å². The molecule has 0 bridgehead atoms. The summed E-state index contributed by atoms with van der Waals surface area (Å²) in [5, 5.41) is 8.94. The van der Waals surface area contributed by atoms with Crippen molar-refractivity contribution in [3.05, 3.63) is 70.5 Å². The number of rotatable bonds is 6. The molecule has 2 aromatic carbocycles. The molecule has 162 valence electrons. The Bertz CT molecular complexity index is 1260. The van der Waals surface area contributed by atoms with Gasteiger partial charge in [-0.1, -0.05) is 0 Å². The van der Waals surface area contributed by atoms with Crippen molar-refractivity contribution in [1.29, 1.82) is 0 Å². The predicted octanol–water partition coefficient (Wildman–Crippen LogP) is 2.27. The topological polar surface area (TPSA) is 147 Å². The van der Waals surface area contributed by atoms with E-state index in [0.717, 1.165) is 4.90 Å². The number of hydrogen-bond donors (Lipinski definition) is 3. The van der Waals surface area contributed by atoms with Crippen molar-refractivity contribution >= 4 is 35.0 Å². The summed E-state index contributed by atoms with van der Waals surface area (Å²) in [5.41, 5.74) is 6.60. The lowest BCUT2D eigenvalue weighted by molar-refractivity contribution is 0.0923. The van der Waals surface area contributed by atoms with Gasteiger partial charge < -0.3 is 15.8 Å². The molecular weight excluding hydrogens is 414 g/mol. The quantitative estimate of drug-likeness (QED) is 0.508. The number of benzene rings is 2. The number of amides is 4. The van der Waals surface area contributed by atoms with Crippen LogP contribution in [0.1, 0.15) is 54.2 Å². The van der Waals surface area contributed by atoms with Gasteiger partial charge in [0.2, 0.25) is 0 Å². The molecular formula is C22H19N5O5. The van der Waals surface area contributed by atoms with Crippen molar-refractivity contribution in [3.8, 4) is 5.75 Å². The molecule has 10 heteroatoms. The maximum absolute atomic E-state index is 13.0. The number of carbonyl (C=O) groups excluding carboxylic acids is 4. The lowest BCUT2D eigenvalue weighted by Crippen LogP contribution is -2.29. The zero-order valence-electron chi connectivity index (χ0n) is 17.3. The first kappa shape index (κ1) is 20.8. The van der Waals surface area contributed by atoms with Crippen LogP contribution in [0.4, 0.5) is 11.4 Å². The Hall–Kier alpha value is -4.47. The number of aryl methyl sites for hydroxylation is 1. The molecule has 4 amide bonds. The number of H-pyrrole nitrogens is 1. The van der Waals surface area contributed by atoms with Gasteiger partial charge in [0.25, 0.3) is 23.6 Å². The van der Waals surface area contributed by atoms with Gasteiger partial charge in [-0.05, 0) is 56.3 Å². The SMILES string of the molecule is CCOc1ccc(N2C(=O)c3ccc(C(=O)Nc4c(C(N)=O)n[nH]c4C)cc3C2=O)cc1. The lowest BCUT2D eigenvalue weighted by atomic mass is 10.1. The van der Waals surface area contributed by atoms with Crippen LogP contribution in [0, 0.1) is 6.92 Å². The monoisotopic (exact) mass is 433 g/mol. The molecule has 0 unspecified atom stereocenters. The van der Waals surface area contributed by atoms with Gasteiger partial charge in [-0.15, -0.1) is 0 Å². The predicted molar refractivity (Wildman–Crippen MR) is 115 cm³/mol. The Morgan fingerprint density at radius 1 is 1.09 bits per heavy atom. The average molecular weight is 433 g/mol. The number of aromatic nitrogens is 2. The molecule has 4 rings (SSSR count). The second kappa shape index (κ2) is 7.99. The number of nitrogens with two attached hydrogens (primary N) is 1. The summed E-state index contributed by atoms with van der Waals surface area (Å²) >= 11 is 0. The number of fused-ring (bicyclic) bond motifs is 1. The maximum Gasteiger partial charge on any atom is 0.271 e. The Morgan fingerprint density at radius 2 is 1.78 bits per heavy atom. The highest BCUT2D eigenvalue weighted by atomic mass is 16.5. The molecule has 10 nitrogen and oxygen atoms in total. The molecule has 2 heterocycles. The van der Waals surface area contributed by atoms with Gasteiger partial charge in [0, 0.05) is 5.56 Å². The lowest BCUT2D eigenvalue weighted by Gasteiger charge is -2.14. The standard InChI is InChI=1S/C22H19N5O5/c1-3-32-14-7-5-13(6-8-14)27-21(30)15-9-4-12(10-16(15)22(27)31)20(29)24-17-11(2)25-26-18(17)19(23)28/h4-10H,3H2,1-2H3,(H2,23,28)(H,24,29)(H,25,26). The fraction of sp³-hybridized carbons (Fsp3) is 0.136. The number of nitrogens with zero attached hydrogens (tertiary/aromatic N) is 2. The van der Waals surface area contributed by atoms with Crippen LogP contribution in [-0.4, -0.2) is 40.4 Å². The van der Waals surface area contributed by atoms with Crippen molar-refractivity contribution in [2.45, 2.75) is 13.8 Å². The largest absolute Gasteiger partial charge is 0.494 e. The molecule has 0 atom stereocenters. The number of nitrogens with one attached hydrogen (secondary N) is 2. The smallest absolute Gasteiger partial charge is 0.271 e. The Morgan fingerprint density at radius 3 is 2.44 bits per heavy atom. The van der Waals surface area contributed by atoms with Gasteiger partial charge in [0.05, 0.1) is 34.8 Å². The van der Waals surface area contributed by atoms with E-state index in [2.05, 4.69) is 15.5 Å². The first-order chi connectivity index (χ1) is 15.3. The number of carbonyl (C=O) groups is 4. The third-order valence-electron chi connectivity index (χ3n) is 4.97. The number of hydrogen-bond acceptors (Lipinski definition) is 6. The number of anilines is 2. The van der Waals surface area contributed by atoms with E-state index in [0.29, 0.717) is 23.7 Å². The Labute approximate surface area is 182 Å². The van der Waals surface area contributed by atoms with Gasteiger partial charge in [0.15, 0.2) is 5.69 Å². The summed E-state index contributed by atoms with van der Waals surface area (Å²) in [6, 6.07) is 10.8. The van der Waals surface area contributed by atoms with E-state index < -0.39 is 23.6 Å². The number of primary amides is 1. The molecule has 0 fully saturated rings. The van der Waals surface area contributed by atoms with Gasteiger partial charge in [-0.25, -0.2) is 4.90 Å². The zero-order valence-corrected chi connectivity index (χ0v) is 17.3. The van der Waals surface area contributed by atoms with Gasteiger partial charge in [0.1, 0.15) is 5.75 Å². The highest BCUT2D eigenvalue weighted by molar-refractivity contribution is 6.34. The number of imide groups is 1. The van der Waals surface area contributed by atoms with Crippen LogP contribution in [0.15, 0.2) is 42.5 Å². The fourth-order valence-corrected chi connectivity index (χ4v) is 3.42. The molecule has 0 aliphatic carbocycles. The van der Waals surface area contributed by atoms with Gasteiger partial charge in [-0.3, -0.25) is 24.3 Å². The van der Waals surface area contributed by atoms with Crippen LogP contribution in [0.5, 0.6) is 5.75 Å². The Balaban J connectivity index is 1.61. The molecule has 0 radical (unpaired) electrons. The first-order valence-electron chi connectivity index (χ1n) is 9.73. The molecule has 0 saturated heterocycles. The fourth-order valence-electron chi connectivity index (χ4n) is 3.42. The van der Waals surface area contributed by atoms with Crippen molar-refractivity contribution < 1.29 is 23.9 Å². The van der Waals surface area contributed by atoms with E-state index in [1.165, 1.54) is 18.2 Å². The van der Waals surface area contributed by atoms with Crippen molar-refractivity contribution in [2.75, 3.05) is 16.8 Å². The van der Waals surface area contributed by atoms with Crippen molar-refractivity contribution in [2.24, 2.45) is 5.73 Å². The highest BCUT2D eigenvalue weighted by Crippen LogP contribution is 2.30. The molecule has 1 aliphatic heterocycles. The van der Waals surface area contributed by atoms with Crippen LogP contribution in [0.3, 0.4) is 0 Å². The van der Waals surface area contributed by atoms with Crippen LogP contribution >= 0.6 is 0 Å². The minimum Gasteiger partial charge on any atom is -0.494 e. The summed E-state index contributed by atoms with van der Waals surface area (Å²) in [6.45, 7) is 3.97. The van der Waals surface area contributed by atoms with Crippen LogP contribution in [0.2, 0.25) is 0 Å². The summed E-state index contributed by atoms with van der Waals surface area (Å²) < 4.78 is 5.39. The highest BCUT2D eigenvalue weighted by Gasteiger charge is 2.37. The third-order valence-corrected chi connectivity index (χ3v) is 4.97. The van der Waals surface area contributed by atoms with Crippen molar-refractivity contribution in [1.82, 2.24) is 10.2 Å². The summed E-state index contributed by atoms with van der Waals surface area (Å²) in [6.07, 6.45) is 0. The molecule has 0 saturated carbocycles. The van der Waals surface area contributed by atoms with Crippen molar-refractivity contribution in [3.63, 3.8) is 0 Å². The zero-order chi connectivity index (χ0) is 23.0. The number of ether oxygens (including phenoxy) is 1. The van der Waals surface area contributed by atoms with E-state index in [9.17, 15) is 19.2 Å². The normalized spacial score (nSPS) is 12.6. The minimum atomic E-state index is -0.801. The molecule has 1 aliphatic rings. The van der Waals surface area contributed by atoms with Gasteiger partial charge >= 0.3 is 0 Å². The Kier molecular flexibility index (Phi) is 5.19. The van der Waals surface area contributed by atoms with E-state index in [4.69, 9.17) is 10.5 Å². The average Bonchev–Trinajstić information content (AvgIpc) is 3.26. The van der Waals surface area contributed by atoms with Crippen LogP contribution < -0.4 is 20.7 Å². The van der Waals surface area contributed by atoms with Gasteiger partial charge in [-0.2, -0.15) is 5.10 Å². The van der Waals surface area contributed by atoms with Crippen LogP contribution in [-0.2, 0) is 0 Å². The summed E-state index contributed by atoms with van der Waals surface area (Å²) in [5.74, 6) is -1.79. The number of aromatic amines is 1. The third kappa shape index (κ3) is 3.47. The summed E-state index contributed by atoms with van der Waals surface area (Å²) in [4.78, 5) is 51.1. The maximum atomic E-state index is 13.0. The van der Waals surface area contributed by atoms with Crippen LogP contribution in [0.25, 0.3) is 0 Å².